The second-order valence-electron chi connectivity index (χ2n) is 3.95. The normalized spacial score (nSPS) is 15.3. The van der Waals surface area contributed by atoms with Gasteiger partial charge in [0.2, 0.25) is 0 Å². The molecular formula is C11H24. The Bertz CT molecular complexity index is 56.4. The summed E-state index contributed by atoms with van der Waals surface area (Å²) in [5.74, 6) is 0.903. The predicted molar refractivity (Wildman–Crippen MR) is 52.8 cm³/mol. The highest BCUT2D eigenvalue weighted by atomic mass is 14.0. The summed E-state index contributed by atoms with van der Waals surface area (Å²) in [6.07, 6.45) is 10.1. The van der Waals surface area contributed by atoms with E-state index in [9.17, 15) is 0 Å². The molecule has 1 saturated carbocycles. The molecule has 0 bridgehead atoms. The first-order chi connectivity index (χ1) is 5.27. The van der Waals surface area contributed by atoms with Crippen molar-refractivity contribution in [2.24, 2.45) is 5.92 Å². The molecule has 1 aliphatic carbocycles. The molecule has 1 aliphatic rings. The SMILES string of the molecule is C1CCC1.CCCCC(C)C. The van der Waals surface area contributed by atoms with Crippen LogP contribution in [0.25, 0.3) is 0 Å². The van der Waals surface area contributed by atoms with Gasteiger partial charge in [-0.05, 0) is 5.92 Å². The van der Waals surface area contributed by atoms with E-state index in [2.05, 4.69) is 20.8 Å². The van der Waals surface area contributed by atoms with Gasteiger partial charge in [-0.1, -0.05) is 65.7 Å². The van der Waals surface area contributed by atoms with Gasteiger partial charge in [-0.15, -0.1) is 0 Å². The van der Waals surface area contributed by atoms with Gasteiger partial charge in [0.05, 0.1) is 0 Å². The molecule has 0 heterocycles. The Morgan fingerprint density at radius 3 is 1.55 bits per heavy atom. The third kappa shape index (κ3) is 10.0. The molecule has 0 amide bonds. The number of unbranched alkanes of at least 4 members (excludes halogenated alkanes) is 1. The van der Waals surface area contributed by atoms with Crippen LogP contribution in [0.3, 0.4) is 0 Å². The van der Waals surface area contributed by atoms with Crippen LogP contribution in [-0.2, 0) is 0 Å². The lowest BCUT2D eigenvalue weighted by atomic mass is 10.0. The van der Waals surface area contributed by atoms with Crippen molar-refractivity contribution in [3.63, 3.8) is 0 Å². The molecule has 0 aliphatic heterocycles. The highest BCUT2D eigenvalue weighted by Crippen LogP contribution is 2.15. The largest absolute Gasteiger partial charge is 0.0654 e. The molecule has 0 unspecified atom stereocenters. The van der Waals surface area contributed by atoms with E-state index in [0.29, 0.717) is 0 Å². The zero-order chi connectivity index (χ0) is 8.53. The third-order valence-corrected chi connectivity index (χ3v) is 2.14. The van der Waals surface area contributed by atoms with E-state index in [4.69, 9.17) is 0 Å². The van der Waals surface area contributed by atoms with Gasteiger partial charge in [-0.25, -0.2) is 0 Å². The summed E-state index contributed by atoms with van der Waals surface area (Å²) >= 11 is 0. The Balaban J connectivity index is 0.000000207. The number of hydrogen-bond donors (Lipinski definition) is 0. The molecule has 0 radical (unpaired) electrons. The second kappa shape index (κ2) is 8.10. The lowest BCUT2D eigenvalue weighted by molar-refractivity contribution is 0.504. The van der Waals surface area contributed by atoms with Crippen LogP contribution in [0.1, 0.15) is 65.7 Å². The van der Waals surface area contributed by atoms with Crippen molar-refractivity contribution < 1.29 is 0 Å². The monoisotopic (exact) mass is 156 g/mol. The van der Waals surface area contributed by atoms with Crippen LogP contribution < -0.4 is 0 Å². The van der Waals surface area contributed by atoms with E-state index in [1.54, 1.807) is 0 Å². The maximum atomic E-state index is 2.27. The Morgan fingerprint density at radius 1 is 1.00 bits per heavy atom. The maximum absolute atomic E-state index is 2.27. The molecule has 0 aromatic carbocycles. The summed E-state index contributed by atoms with van der Waals surface area (Å²) in [4.78, 5) is 0. The highest BCUT2D eigenvalue weighted by molar-refractivity contribution is 4.50. The van der Waals surface area contributed by atoms with Crippen molar-refractivity contribution >= 4 is 0 Å². The van der Waals surface area contributed by atoms with Gasteiger partial charge < -0.3 is 0 Å². The first-order valence-corrected chi connectivity index (χ1v) is 5.27. The van der Waals surface area contributed by atoms with E-state index >= 15 is 0 Å². The molecule has 11 heavy (non-hydrogen) atoms. The predicted octanol–water partition coefficient (Wildman–Crippen LogP) is 4.39. The van der Waals surface area contributed by atoms with Crippen LogP contribution in [-0.4, -0.2) is 0 Å². The standard InChI is InChI=1S/C7H16.C4H8/c1-4-5-6-7(2)3;1-2-4-3-1/h7H,4-6H2,1-3H3;1-4H2. The smallest absolute Gasteiger partial charge is 0.0471 e. The Kier molecular flexibility index (Phi) is 8.10. The molecule has 0 nitrogen and oxygen atoms in total. The molecule has 68 valence electrons. The lowest BCUT2D eigenvalue weighted by Gasteiger charge is -2.05. The fraction of sp³-hybridized carbons (Fsp3) is 1.00. The zero-order valence-corrected chi connectivity index (χ0v) is 8.53. The van der Waals surface area contributed by atoms with Crippen molar-refractivity contribution in [3.05, 3.63) is 0 Å². The van der Waals surface area contributed by atoms with Gasteiger partial charge >= 0.3 is 0 Å². The molecule has 0 saturated heterocycles. The molecule has 0 N–H and O–H groups in total. The third-order valence-electron chi connectivity index (χ3n) is 2.14. The van der Waals surface area contributed by atoms with Gasteiger partial charge in [0.1, 0.15) is 0 Å². The lowest BCUT2D eigenvalue weighted by Crippen LogP contribution is -1.85. The van der Waals surface area contributed by atoms with Gasteiger partial charge in [0.25, 0.3) is 0 Å². The van der Waals surface area contributed by atoms with Crippen molar-refractivity contribution in [1.29, 1.82) is 0 Å². The quantitative estimate of drug-likeness (QED) is 0.568. The number of rotatable bonds is 3. The van der Waals surface area contributed by atoms with Crippen LogP contribution in [0.5, 0.6) is 0 Å². The Morgan fingerprint density at radius 2 is 1.45 bits per heavy atom. The first-order valence-electron chi connectivity index (χ1n) is 5.27. The van der Waals surface area contributed by atoms with Crippen molar-refractivity contribution in [2.45, 2.75) is 65.7 Å². The van der Waals surface area contributed by atoms with Gasteiger partial charge in [-0.3, -0.25) is 0 Å². The maximum Gasteiger partial charge on any atom is -0.0471 e. The average Bonchev–Trinajstić information content (AvgIpc) is 1.79. The summed E-state index contributed by atoms with van der Waals surface area (Å²) in [5.41, 5.74) is 0. The minimum absolute atomic E-state index is 0.903. The van der Waals surface area contributed by atoms with E-state index < -0.39 is 0 Å². The van der Waals surface area contributed by atoms with Crippen LogP contribution >= 0.6 is 0 Å². The van der Waals surface area contributed by atoms with E-state index in [-0.39, 0.29) is 0 Å². The van der Waals surface area contributed by atoms with E-state index in [1.807, 2.05) is 0 Å². The first kappa shape index (κ1) is 11.0. The Labute approximate surface area is 72.4 Å². The zero-order valence-electron chi connectivity index (χ0n) is 8.53. The fourth-order valence-corrected chi connectivity index (χ4v) is 0.862. The van der Waals surface area contributed by atoms with Gasteiger partial charge in [0.15, 0.2) is 0 Å². The van der Waals surface area contributed by atoms with Crippen LogP contribution in [0, 0.1) is 5.92 Å². The summed E-state index contributed by atoms with van der Waals surface area (Å²) < 4.78 is 0. The molecule has 0 atom stereocenters. The van der Waals surface area contributed by atoms with Crippen LogP contribution in [0.4, 0.5) is 0 Å². The van der Waals surface area contributed by atoms with Crippen molar-refractivity contribution in [2.75, 3.05) is 0 Å². The Hall–Kier alpha value is 0. The summed E-state index contributed by atoms with van der Waals surface area (Å²) in [6, 6.07) is 0. The fourth-order valence-electron chi connectivity index (χ4n) is 0.862. The van der Waals surface area contributed by atoms with Crippen molar-refractivity contribution in [3.8, 4) is 0 Å². The van der Waals surface area contributed by atoms with Crippen molar-refractivity contribution in [1.82, 2.24) is 0 Å². The molecule has 0 aromatic rings. The molecule has 0 heteroatoms. The van der Waals surface area contributed by atoms with E-state index in [1.165, 1.54) is 44.9 Å². The van der Waals surface area contributed by atoms with Gasteiger partial charge in [-0.2, -0.15) is 0 Å². The summed E-state index contributed by atoms with van der Waals surface area (Å²) in [5, 5.41) is 0. The van der Waals surface area contributed by atoms with E-state index in [0.717, 1.165) is 5.92 Å². The molecule has 1 fully saturated rings. The molecule has 1 rings (SSSR count). The summed E-state index contributed by atoms with van der Waals surface area (Å²) in [6.45, 7) is 6.79. The average molecular weight is 156 g/mol. The van der Waals surface area contributed by atoms with Crippen LogP contribution in [0.2, 0.25) is 0 Å². The minimum Gasteiger partial charge on any atom is -0.0654 e. The molecule has 0 spiro atoms. The topological polar surface area (TPSA) is 0 Å². The molecule has 0 aromatic heterocycles. The summed E-state index contributed by atoms with van der Waals surface area (Å²) in [7, 11) is 0. The molecular weight excluding hydrogens is 132 g/mol. The number of hydrogen-bond acceptors (Lipinski definition) is 0. The van der Waals surface area contributed by atoms with Crippen LogP contribution in [0.15, 0.2) is 0 Å². The second-order valence-corrected chi connectivity index (χ2v) is 3.95. The van der Waals surface area contributed by atoms with Gasteiger partial charge in [0, 0.05) is 0 Å². The highest BCUT2D eigenvalue weighted by Gasteiger charge is 1.95. The minimum atomic E-state index is 0.903.